The van der Waals surface area contributed by atoms with E-state index in [2.05, 4.69) is 54.0 Å². The minimum Gasteiger partial charge on any atom is -0.380 e. The van der Waals surface area contributed by atoms with Crippen molar-refractivity contribution in [1.29, 1.82) is 0 Å². The van der Waals surface area contributed by atoms with Crippen LogP contribution in [0.4, 0.5) is 5.69 Å². The normalized spacial score (nSPS) is 11.4. The van der Waals surface area contributed by atoms with Crippen molar-refractivity contribution in [2.24, 2.45) is 11.8 Å². The number of halogens is 1. The summed E-state index contributed by atoms with van der Waals surface area (Å²) >= 11 is 3.35. The second kappa shape index (κ2) is 9.20. The SMILES string of the molecule is CC(C)CCOCCNc1cnn(CC(C)C)c(=O)c1Br. The van der Waals surface area contributed by atoms with Crippen molar-refractivity contribution >= 4 is 21.6 Å². The average molecular weight is 360 g/mol. The fraction of sp³-hybridized carbons (Fsp3) is 0.733. The molecule has 0 aromatic carbocycles. The molecule has 1 rings (SSSR count). The minimum absolute atomic E-state index is 0.102. The molecule has 6 heteroatoms. The fourth-order valence-electron chi connectivity index (χ4n) is 1.74. The summed E-state index contributed by atoms with van der Waals surface area (Å²) in [5.74, 6) is 1.04. The van der Waals surface area contributed by atoms with Gasteiger partial charge in [-0.05, 0) is 34.2 Å². The topological polar surface area (TPSA) is 56.1 Å². The first-order valence-corrected chi connectivity index (χ1v) is 8.28. The summed E-state index contributed by atoms with van der Waals surface area (Å²) in [4.78, 5) is 12.1. The number of anilines is 1. The highest BCUT2D eigenvalue weighted by Crippen LogP contribution is 2.16. The van der Waals surface area contributed by atoms with E-state index >= 15 is 0 Å². The number of hydrogen-bond acceptors (Lipinski definition) is 4. The van der Waals surface area contributed by atoms with Crippen LogP contribution in [0.1, 0.15) is 34.1 Å². The Balaban J connectivity index is 2.46. The van der Waals surface area contributed by atoms with Gasteiger partial charge in [0.1, 0.15) is 4.47 Å². The van der Waals surface area contributed by atoms with Gasteiger partial charge in [-0.2, -0.15) is 5.10 Å². The van der Waals surface area contributed by atoms with Gasteiger partial charge in [0, 0.05) is 19.7 Å². The summed E-state index contributed by atoms with van der Waals surface area (Å²) in [5.41, 5.74) is 0.613. The molecule has 0 aliphatic heterocycles. The van der Waals surface area contributed by atoms with E-state index in [0.29, 0.717) is 41.7 Å². The van der Waals surface area contributed by atoms with Gasteiger partial charge in [0.05, 0.1) is 18.5 Å². The van der Waals surface area contributed by atoms with Crippen LogP contribution in [-0.2, 0) is 11.3 Å². The van der Waals surface area contributed by atoms with E-state index in [0.717, 1.165) is 13.0 Å². The molecule has 0 saturated heterocycles. The third-order valence-electron chi connectivity index (χ3n) is 2.92. The molecule has 0 aliphatic carbocycles. The lowest BCUT2D eigenvalue weighted by Gasteiger charge is -2.12. The van der Waals surface area contributed by atoms with Crippen LogP contribution in [0, 0.1) is 11.8 Å². The van der Waals surface area contributed by atoms with Crippen LogP contribution in [0.2, 0.25) is 0 Å². The summed E-state index contributed by atoms with van der Waals surface area (Å²) in [6, 6.07) is 0. The first kappa shape index (κ1) is 18.2. The molecule has 0 unspecified atom stereocenters. The number of aromatic nitrogens is 2. The van der Waals surface area contributed by atoms with Crippen LogP contribution in [0.15, 0.2) is 15.5 Å². The van der Waals surface area contributed by atoms with Crippen molar-refractivity contribution in [2.75, 3.05) is 25.1 Å². The Morgan fingerprint density at radius 1 is 1.29 bits per heavy atom. The zero-order valence-corrected chi connectivity index (χ0v) is 14.9. The maximum absolute atomic E-state index is 12.1. The molecular weight excluding hydrogens is 334 g/mol. The summed E-state index contributed by atoms with van der Waals surface area (Å²) in [6.07, 6.45) is 2.75. The Kier molecular flexibility index (Phi) is 7.96. The summed E-state index contributed by atoms with van der Waals surface area (Å²) in [7, 11) is 0. The Bertz CT molecular complexity index is 486. The van der Waals surface area contributed by atoms with Crippen molar-refractivity contribution < 1.29 is 4.74 Å². The van der Waals surface area contributed by atoms with Gasteiger partial charge >= 0.3 is 0 Å². The van der Waals surface area contributed by atoms with Crippen molar-refractivity contribution in [1.82, 2.24) is 9.78 Å². The highest BCUT2D eigenvalue weighted by molar-refractivity contribution is 9.10. The third kappa shape index (κ3) is 6.61. The quantitative estimate of drug-likeness (QED) is 0.688. The van der Waals surface area contributed by atoms with E-state index in [1.807, 2.05) is 0 Å². The largest absolute Gasteiger partial charge is 0.380 e. The van der Waals surface area contributed by atoms with Crippen LogP contribution in [0.25, 0.3) is 0 Å². The second-order valence-corrected chi connectivity index (χ2v) is 6.77. The molecular formula is C15H26BrN3O2. The third-order valence-corrected chi connectivity index (χ3v) is 3.69. The van der Waals surface area contributed by atoms with Gasteiger partial charge in [-0.1, -0.05) is 27.7 Å². The van der Waals surface area contributed by atoms with Gasteiger partial charge in [-0.25, -0.2) is 4.68 Å². The smallest absolute Gasteiger partial charge is 0.283 e. The van der Waals surface area contributed by atoms with E-state index in [1.54, 1.807) is 6.20 Å². The lowest BCUT2D eigenvalue weighted by Crippen LogP contribution is -2.26. The first-order valence-electron chi connectivity index (χ1n) is 7.49. The van der Waals surface area contributed by atoms with Crippen LogP contribution in [0.5, 0.6) is 0 Å². The first-order chi connectivity index (χ1) is 9.91. The second-order valence-electron chi connectivity index (χ2n) is 5.98. The summed E-state index contributed by atoms with van der Waals surface area (Å²) in [5, 5.41) is 7.36. The Labute approximate surface area is 135 Å². The van der Waals surface area contributed by atoms with Crippen molar-refractivity contribution in [2.45, 2.75) is 40.7 Å². The summed E-state index contributed by atoms with van der Waals surface area (Å²) < 4.78 is 7.54. The highest BCUT2D eigenvalue weighted by atomic mass is 79.9. The summed E-state index contributed by atoms with van der Waals surface area (Å²) in [6.45, 7) is 11.1. The zero-order chi connectivity index (χ0) is 15.8. The predicted octanol–water partition coefficient (Wildman–Crippen LogP) is 3.14. The molecule has 1 heterocycles. The van der Waals surface area contributed by atoms with Gasteiger partial charge in [0.15, 0.2) is 0 Å². The molecule has 0 spiro atoms. The Morgan fingerprint density at radius 3 is 2.62 bits per heavy atom. The number of nitrogens with zero attached hydrogens (tertiary/aromatic N) is 2. The minimum atomic E-state index is -0.102. The molecule has 5 nitrogen and oxygen atoms in total. The molecule has 120 valence electrons. The van der Waals surface area contributed by atoms with Crippen LogP contribution >= 0.6 is 15.9 Å². The Morgan fingerprint density at radius 2 is 2.00 bits per heavy atom. The van der Waals surface area contributed by atoms with E-state index in [1.165, 1.54) is 4.68 Å². The highest BCUT2D eigenvalue weighted by Gasteiger charge is 2.09. The molecule has 0 aliphatic rings. The molecule has 0 fully saturated rings. The Hall–Kier alpha value is -0.880. The number of rotatable bonds is 9. The molecule has 0 amide bonds. The van der Waals surface area contributed by atoms with Crippen molar-refractivity contribution in [3.63, 3.8) is 0 Å². The van der Waals surface area contributed by atoms with E-state index in [-0.39, 0.29) is 5.56 Å². The van der Waals surface area contributed by atoms with Gasteiger partial charge in [-0.15, -0.1) is 0 Å². The van der Waals surface area contributed by atoms with Crippen LogP contribution in [0.3, 0.4) is 0 Å². The van der Waals surface area contributed by atoms with Crippen molar-refractivity contribution in [3.05, 3.63) is 21.0 Å². The molecule has 0 saturated carbocycles. The maximum atomic E-state index is 12.1. The molecule has 1 N–H and O–H groups in total. The zero-order valence-electron chi connectivity index (χ0n) is 13.4. The van der Waals surface area contributed by atoms with Crippen LogP contribution in [-0.4, -0.2) is 29.5 Å². The number of hydrogen-bond donors (Lipinski definition) is 1. The van der Waals surface area contributed by atoms with Gasteiger partial charge < -0.3 is 10.1 Å². The molecule has 1 aromatic rings. The van der Waals surface area contributed by atoms with Gasteiger partial charge in [0.2, 0.25) is 0 Å². The van der Waals surface area contributed by atoms with E-state index in [9.17, 15) is 4.79 Å². The van der Waals surface area contributed by atoms with Gasteiger partial charge in [-0.3, -0.25) is 4.79 Å². The predicted molar refractivity (Wildman–Crippen MR) is 89.8 cm³/mol. The van der Waals surface area contributed by atoms with Crippen LogP contribution < -0.4 is 10.9 Å². The fourth-order valence-corrected chi connectivity index (χ4v) is 2.19. The molecule has 1 aromatic heterocycles. The number of ether oxygens (including phenoxy) is 1. The molecule has 0 radical (unpaired) electrons. The van der Waals surface area contributed by atoms with Gasteiger partial charge in [0.25, 0.3) is 5.56 Å². The van der Waals surface area contributed by atoms with E-state index in [4.69, 9.17) is 4.74 Å². The maximum Gasteiger partial charge on any atom is 0.283 e. The monoisotopic (exact) mass is 359 g/mol. The molecule has 0 bridgehead atoms. The van der Waals surface area contributed by atoms with Crippen molar-refractivity contribution in [3.8, 4) is 0 Å². The lowest BCUT2D eigenvalue weighted by atomic mass is 10.1. The molecule has 21 heavy (non-hydrogen) atoms. The number of nitrogens with one attached hydrogen (secondary N) is 1. The molecule has 0 atom stereocenters. The standard InChI is InChI=1S/C15H26BrN3O2/c1-11(2)5-7-21-8-6-17-13-9-18-19(10-12(3)4)15(20)14(13)16/h9,11-12,17H,5-8,10H2,1-4H3. The average Bonchev–Trinajstić information content (AvgIpc) is 2.40. The van der Waals surface area contributed by atoms with E-state index < -0.39 is 0 Å². The lowest BCUT2D eigenvalue weighted by molar-refractivity contribution is 0.132.